The van der Waals surface area contributed by atoms with Gasteiger partial charge >= 0.3 is 0 Å². The molecule has 2 rings (SSSR count). The van der Waals surface area contributed by atoms with Crippen LogP contribution in [0, 0.1) is 11.6 Å². The lowest BCUT2D eigenvalue weighted by atomic mass is 10.1. The summed E-state index contributed by atoms with van der Waals surface area (Å²) in [7, 11) is 4.76. The standard InChI is InChI=1S/C19H20F2N2O3/c1-22(2)18(24)12-26-16-6-4-5-13(9-16)19(25)23(3)11-14-7-8-15(20)10-17(14)21/h4-10H,11-12H2,1-3H3. The summed E-state index contributed by atoms with van der Waals surface area (Å²) < 4.78 is 32.1. The lowest BCUT2D eigenvalue weighted by Gasteiger charge is -2.18. The van der Waals surface area contributed by atoms with Crippen LogP contribution in [0.15, 0.2) is 42.5 Å². The summed E-state index contributed by atoms with van der Waals surface area (Å²) in [6.07, 6.45) is 0. The molecule has 0 unspecified atom stereocenters. The molecule has 0 heterocycles. The first-order valence-electron chi connectivity index (χ1n) is 7.90. The summed E-state index contributed by atoms with van der Waals surface area (Å²) in [5.41, 5.74) is 0.552. The first kappa shape index (κ1) is 19.4. The molecule has 2 aromatic carbocycles. The maximum absolute atomic E-state index is 13.7. The zero-order valence-electron chi connectivity index (χ0n) is 14.8. The first-order valence-corrected chi connectivity index (χ1v) is 7.90. The molecule has 138 valence electrons. The van der Waals surface area contributed by atoms with E-state index in [4.69, 9.17) is 4.74 Å². The van der Waals surface area contributed by atoms with Gasteiger partial charge in [0.05, 0.1) is 0 Å². The minimum absolute atomic E-state index is 0.00481. The van der Waals surface area contributed by atoms with E-state index in [0.717, 1.165) is 12.1 Å². The molecular formula is C19H20F2N2O3. The lowest BCUT2D eigenvalue weighted by Crippen LogP contribution is -2.28. The maximum atomic E-state index is 13.7. The third-order valence-corrected chi connectivity index (χ3v) is 3.71. The Hall–Kier alpha value is -2.96. The van der Waals surface area contributed by atoms with Crippen LogP contribution in [0.25, 0.3) is 0 Å². The van der Waals surface area contributed by atoms with Crippen LogP contribution in [0.4, 0.5) is 8.78 Å². The van der Waals surface area contributed by atoms with Gasteiger partial charge < -0.3 is 14.5 Å². The van der Waals surface area contributed by atoms with Crippen molar-refractivity contribution in [3.05, 3.63) is 65.2 Å². The monoisotopic (exact) mass is 362 g/mol. The van der Waals surface area contributed by atoms with Gasteiger partial charge in [0.15, 0.2) is 6.61 Å². The van der Waals surface area contributed by atoms with Crippen LogP contribution >= 0.6 is 0 Å². The fourth-order valence-corrected chi connectivity index (χ4v) is 2.19. The Kier molecular flexibility index (Phi) is 6.27. The molecule has 0 N–H and O–H groups in total. The molecule has 7 heteroatoms. The highest BCUT2D eigenvalue weighted by Gasteiger charge is 2.15. The Bertz CT molecular complexity index is 809. The Labute approximate surface area is 150 Å². The van der Waals surface area contributed by atoms with Gasteiger partial charge in [0.25, 0.3) is 11.8 Å². The third-order valence-electron chi connectivity index (χ3n) is 3.71. The molecular weight excluding hydrogens is 342 g/mol. The smallest absolute Gasteiger partial charge is 0.259 e. The van der Waals surface area contributed by atoms with E-state index in [1.165, 1.54) is 29.0 Å². The highest BCUT2D eigenvalue weighted by atomic mass is 19.1. The van der Waals surface area contributed by atoms with Gasteiger partial charge in [0, 0.05) is 44.9 Å². The van der Waals surface area contributed by atoms with Crippen LogP contribution < -0.4 is 4.74 Å². The maximum Gasteiger partial charge on any atom is 0.259 e. The summed E-state index contributed by atoms with van der Waals surface area (Å²) in [6, 6.07) is 9.62. The van der Waals surface area contributed by atoms with E-state index in [-0.39, 0.29) is 30.5 Å². The SMILES string of the molecule is CN(C)C(=O)COc1cccc(C(=O)N(C)Cc2ccc(F)cc2F)c1. The van der Waals surface area contributed by atoms with Crippen LogP contribution in [0.2, 0.25) is 0 Å². The molecule has 0 radical (unpaired) electrons. The van der Waals surface area contributed by atoms with Crippen LogP contribution in [0.1, 0.15) is 15.9 Å². The largest absolute Gasteiger partial charge is 0.484 e. The van der Waals surface area contributed by atoms with Gasteiger partial charge in [-0.25, -0.2) is 8.78 Å². The molecule has 26 heavy (non-hydrogen) atoms. The number of hydrogen-bond donors (Lipinski definition) is 0. The number of halogens is 2. The topological polar surface area (TPSA) is 49.9 Å². The summed E-state index contributed by atoms with van der Waals surface area (Å²) in [6.45, 7) is -0.142. The van der Waals surface area contributed by atoms with Gasteiger partial charge in [-0.05, 0) is 24.3 Å². The van der Waals surface area contributed by atoms with Crippen LogP contribution in [-0.4, -0.2) is 49.4 Å². The van der Waals surface area contributed by atoms with Gasteiger partial charge in [0.2, 0.25) is 0 Å². The number of rotatable bonds is 6. The lowest BCUT2D eigenvalue weighted by molar-refractivity contribution is -0.130. The van der Waals surface area contributed by atoms with Crippen LogP contribution in [0.5, 0.6) is 5.75 Å². The molecule has 0 aliphatic carbocycles. The molecule has 0 fully saturated rings. The minimum atomic E-state index is -0.705. The second-order valence-corrected chi connectivity index (χ2v) is 6.00. The van der Waals surface area contributed by atoms with Crippen molar-refractivity contribution in [2.75, 3.05) is 27.7 Å². The van der Waals surface area contributed by atoms with Gasteiger partial charge in [-0.2, -0.15) is 0 Å². The second kappa shape index (κ2) is 8.42. The van der Waals surface area contributed by atoms with E-state index in [1.807, 2.05) is 0 Å². The molecule has 0 saturated carbocycles. The Morgan fingerprint density at radius 2 is 1.77 bits per heavy atom. The van der Waals surface area contributed by atoms with E-state index >= 15 is 0 Å². The normalized spacial score (nSPS) is 10.3. The molecule has 0 aliphatic rings. The summed E-state index contributed by atoms with van der Waals surface area (Å²) in [5, 5.41) is 0. The number of hydrogen-bond acceptors (Lipinski definition) is 3. The fourth-order valence-electron chi connectivity index (χ4n) is 2.19. The van der Waals surface area contributed by atoms with E-state index in [2.05, 4.69) is 0 Å². The van der Waals surface area contributed by atoms with Crippen molar-refractivity contribution in [2.24, 2.45) is 0 Å². The van der Waals surface area contributed by atoms with E-state index < -0.39 is 11.6 Å². The summed E-state index contributed by atoms with van der Waals surface area (Å²) >= 11 is 0. The van der Waals surface area contributed by atoms with Gasteiger partial charge in [-0.15, -0.1) is 0 Å². The zero-order chi connectivity index (χ0) is 19.3. The molecule has 0 aromatic heterocycles. The van der Waals surface area contributed by atoms with Crippen molar-refractivity contribution in [1.82, 2.24) is 9.80 Å². The minimum Gasteiger partial charge on any atom is -0.484 e. The number of carbonyl (C=O) groups excluding carboxylic acids is 2. The second-order valence-electron chi connectivity index (χ2n) is 6.00. The molecule has 5 nitrogen and oxygen atoms in total. The molecule has 0 spiro atoms. The summed E-state index contributed by atoms with van der Waals surface area (Å²) in [5.74, 6) is -1.54. The number of benzene rings is 2. The van der Waals surface area contributed by atoms with Crippen molar-refractivity contribution in [1.29, 1.82) is 0 Å². The van der Waals surface area contributed by atoms with E-state index in [9.17, 15) is 18.4 Å². The molecule has 0 aliphatic heterocycles. The average Bonchev–Trinajstić information content (AvgIpc) is 2.61. The number of amides is 2. The van der Waals surface area contributed by atoms with Crippen molar-refractivity contribution in [2.45, 2.75) is 6.54 Å². The predicted molar refractivity (Wildman–Crippen MR) is 92.8 cm³/mol. The third kappa shape index (κ3) is 5.02. The van der Waals surface area contributed by atoms with E-state index in [0.29, 0.717) is 11.3 Å². The quantitative estimate of drug-likeness (QED) is 0.794. The first-order chi connectivity index (χ1) is 12.3. The van der Waals surface area contributed by atoms with Crippen molar-refractivity contribution >= 4 is 11.8 Å². The number of carbonyl (C=O) groups is 2. The van der Waals surface area contributed by atoms with Gasteiger partial charge in [-0.1, -0.05) is 12.1 Å². The van der Waals surface area contributed by atoms with E-state index in [1.54, 1.807) is 32.3 Å². The molecule has 2 aromatic rings. The molecule has 0 atom stereocenters. The Morgan fingerprint density at radius 3 is 2.42 bits per heavy atom. The van der Waals surface area contributed by atoms with Crippen molar-refractivity contribution in [3.8, 4) is 5.75 Å². The Morgan fingerprint density at radius 1 is 1.04 bits per heavy atom. The predicted octanol–water partition coefficient (Wildman–Crippen LogP) is 2.70. The number of nitrogens with zero attached hydrogens (tertiary/aromatic N) is 2. The fraction of sp³-hybridized carbons (Fsp3) is 0.263. The Balaban J connectivity index is 2.06. The summed E-state index contributed by atoms with van der Waals surface area (Å²) in [4.78, 5) is 26.8. The van der Waals surface area contributed by atoms with Gasteiger partial charge in [-0.3, -0.25) is 9.59 Å². The highest BCUT2D eigenvalue weighted by molar-refractivity contribution is 5.94. The van der Waals surface area contributed by atoms with Gasteiger partial charge in [0.1, 0.15) is 17.4 Å². The molecule has 0 bridgehead atoms. The van der Waals surface area contributed by atoms with Crippen molar-refractivity contribution < 1.29 is 23.1 Å². The average molecular weight is 362 g/mol. The molecule has 2 amide bonds. The van der Waals surface area contributed by atoms with Crippen molar-refractivity contribution in [3.63, 3.8) is 0 Å². The van der Waals surface area contributed by atoms with Crippen LogP contribution in [0.3, 0.4) is 0 Å². The number of likely N-dealkylation sites (N-methyl/N-ethyl adjacent to an activating group) is 1. The highest BCUT2D eigenvalue weighted by Crippen LogP contribution is 2.17. The molecule has 0 saturated heterocycles. The number of ether oxygens (including phenoxy) is 1. The van der Waals surface area contributed by atoms with Crippen LogP contribution in [-0.2, 0) is 11.3 Å². The zero-order valence-corrected chi connectivity index (χ0v) is 14.8.